The molecule has 0 radical (unpaired) electrons. The Kier molecular flexibility index (Phi) is 4.34. The molecule has 0 unspecified atom stereocenters. The van der Waals surface area contributed by atoms with Gasteiger partial charge in [0.2, 0.25) is 0 Å². The number of hydrogen-bond donors (Lipinski definition) is 2. The number of aromatic nitrogens is 3. The van der Waals surface area contributed by atoms with Crippen molar-refractivity contribution < 1.29 is 5.11 Å². The molecular weight excluding hydrogens is 412 g/mol. The van der Waals surface area contributed by atoms with Crippen LogP contribution in [0.3, 0.4) is 0 Å². The van der Waals surface area contributed by atoms with Crippen LogP contribution in [-0.4, -0.2) is 25.2 Å². The van der Waals surface area contributed by atoms with Gasteiger partial charge in [-0.1, -0.05) is 54.6 Å². The molecule has 2 aromatic carbocycles. The predicted molar refractivity (Wildman–Crippen MR) is 128 cm³/mol. The van der Waals surface area contributed by atoms with Gasteiger partial charge in [0.1, 0.15) is 5.52 Å². The Balaban J connectivity index is 1.43. The van der Waals surface area contributed by atoms with Crippen molar-refractivity contribution in [3.63, 3.8) is 0 Å². The zero-order chi connectivity index (χ0) is 22.8. The smallest absolute Gasteiger partial charge is 0.252 e. The molecule has 0 atom stereocenters. The summed E-state index contributed by atoms with van der Waals surface area (Å²) in [5.41, 5.74) is 11.1. The van der Waals surface area contributed by atoms with Crippen molar-refractivity contribution in [2.45, 2.75) is 36.8 Å². The van der Waals surface area contributed by atoms with Crippen LogP contribution in [0.25, 0.3) is 33.7 Å². The molecule has 6 heteroatoms. The lowest BCUT2D eigenvalue weighted by molar-refractivity contribution is -0.106. The van der Waals surface area contributed by atoms with Gasteiger partial charge in [0, 0.05) is 29.8 Å². The van der Waals surface area contributed by atoms with Crippen molar-refractivity contribution >= 4 is 11.2 Å². The molecule has 2 aromatic heterocycles. The highest BCUT2D eigenvalue weighted by Gasteiger charge is 2.58. The molecule has 2 aliphatic rings. The van der Waals surface area contributed by atoms with Crippen molar-refractivity contribution in [1.82, 2.24) is 14.5 Å². The fourth-order valence-corrected chi connectivity index (χ4v) is 5.28. The summed E-state index contributed by atoms with van der Waals surface area (Å²) >= 11 is 0. The summed E-state index contributed by atoms with van der Waals surface area (Å²) < 4.78 is 1.53. The Bertz CT molecular complexity index is 1420. The lowest BCUT2D eigenvalue weighted by atomic mass is 9.60. The van der Waals surface area contributed by atoms with Crippen LogP contribution in [0.2, 0.25) is 0 Å². The quantitative estimate of drug-likeness (QED) is 0.506. The molecule has 0 amide bonds. The van der Waals surface area contributed by atoms with E-state index in [1.54, 1.807) is 13.1 Å². The largest absolute Gasteiger partial charge is 0.389 e. The maximum Gasteiger partial charge on any atom is 0.252 e. The van der Waals surface area contributed by atoms with E-state index in [9.17, 15) is 9.90 Å². The highest BCUT2D eigenvalue weighted by Crippen LogP contribution is 2.57. The molecule has 0 aliphatic heterocycles. The average Bonchev–Trinajstić information content (AvgIpc) is 3.67. The second-order valence-corrected chi connectivity index (χ2v) is 9.69. The van der Waals surface area contributed by atoms with Crippen molar-refractivity contribution in [1.29, 1.82) is 0 Å². The van der Waals surface area contributed by atoms with Crippen LogP contribution in [0.5, 0.6) is 0 Å². The van der Waals surface area contributed by atoms with Crippen LogP contribution in [-0.2, 0) is 12.6 Å². The summed E-state index contributed by atoms with van der Waals surface area (Å²) in [6.45, 7) is 0. The van der Waals surface area contributed by atoms with E-state index in [2.05, 4.69) is 0 Å². The van der Waals surface area contributed by atoms with Gasteiger partial charge >= 0.3 is 0 Å². The van der Waals surface area contributed by atoms with Gasteiger partial charge < -0.3 is 10.8 Å². The Hall–Kier alpha value is -3.35. The average molecular weight is 439 g/mol. The fraction of sp³-hybridized carbons (Fsp3) is 0.296. The molecule has 0 spiro atoms. The molecule has 2 saturated carbocycles. The van der Waals surface area contributed by atoms with E-state index in [1.165, 1.54) is 10.6 Å². The number of nitrogens with two attached hydrogens (primary N) is 1. The normalized spacial score (nSPS) is 24.6. The standard InChI is InChI=1S/C27H26N4O2/c1-31-22(32)14-13-21-25(31)30-24(17-5-3-2-4-6-17)23(29-21)18-7-9-19(10-8-18)26(28)15-27(33,16-26)20-11-12-20/h2-10,13-14,20,33H,11-12,15-16,28H2,1H3. The molecule has 0 saturated heterocycles. The molecule has 166 valence electrons. The molecule has 2 fully saturated rings. The first-order valence-electron chi connectivity index (χ1n) is 11.4. The van der Waals surface area contributed by atoms with E-state index in [-0.39, 0.29) is 5.56 Å². The van der Waals surface area contributed by atoms with E-state index in [0.717, 1.165) is 40.9 Å². The number of nitrogens with zero attached hydrogens (tertiary/aromatic N) is 3. The summed E-state index contributed by atoms with van der Waals surface area (Å²) in [4.78, 5) is 21.9. The Morgan fingerprint density at radius 3 is 2.21 bits per heavy atom. The van der Waals surface area contributed by atoms with Crippen LogP contribution in [0, 0.1) is 5.92 Å². The zero-order valence-electron chi connectivity index (χ0n) is 18.5. The van der Waals surface area contributed by atoms with E-state index in [1.807, 2.05) is 54.6 Å². The number of aliphatic hydroxyl groups is 1. The maximum atomic E-state index is 12.2. The monoisotopic (exact) mass is 438 g/mol. The second-order valence-electron chi connectivity index (χ2n) is 9.69. The van der Waals surface area contributed by atoms with Gasteiger partial charge in [0.05, 0.1) is 17.0 Å². The van der Waals surface area contributed by atoms with E-state index in [0.29, 0.717) is 29.9 Å². The number of aryl methyl sites for hydroxylation is 1. The molecular formula is C27H26N4O2. The predicted octanol–water partition coefficient (Wildman–Crippen LogP) is 3.75. The summed E-state index contributed by atoms with van der Waals surface area (Å²) in [6.07, 6.45) is 3.45. The topological polar surface area (TPSA) is 94.0 Å². The first kappa shape index (κ1) is 20.3. The van der Waals surface area contributed by atoms with Gasteiger partial charge in [0.25, 0.3) is 5.56 Å². The van der Waals surface area contributed by atoms with E-state index < -0.39 is 11.1 Å². The third-order valence-corrected chi connectivity index (χ3v) is 7.30. The summed E-state index contributed by atoms with van der Waals surface area (Å²) in [5, 5.41) is 10.8. The molecule has 6 nitrogen and oxygen atoms in total. The lowest BCUT2D eigenvalue weighted by Gasteiger charge is -2.52. The summed E-state index contributed by atoms with van der Waals surface area (Å²) in [5.74, 6) is 0.422. The Morgan fingerprint density at radius 1 is 0.909 bits per heavy atom. The van der Waals surface area contributed by atoms with Crippen LogP contribution in [0.15, 0.2) is 71.5 Å². The number of fused-ring (bicyclic) bond motifs is 1. The lowest BCUT2D eigenvalue weighted by Crippen LogP contribution is -2.60. The summed E-state index contributed by atoms with van der Waals surface area (Å²) in [6, 6.07) is 21.3. The van der Waals surface area contributed by atoms with Crippen molar-refractivity contribution in [3.05, 3.63) is 82.6 Å². The van der Waals surface area contributed by atoms with E-state index >= 15 is 0 Å². The number of rotatable bonds is 4. The Labute approximate surface area is 191 Å². The molecule has 33 heavy (non-hydrogen) atoms. The van der Waals surface area contributed by atoms with Crippen LogP contribution < -0.4 is 11.3 Å². The molecule has 2 aliphatic carbocycles. The molecule has 2 heterocycles. The first-order valence-corrected chi connectivity index (χ1v) is 11.4. The molecule has 6 rings (SSSR count). The van der Waals surface area contributed by atoms with Crippen LogP contribution >= 0.6 is 0 Å². The number of benzene rings is 2. The second kappa shape index (κ2) is 7.07. The Morgan fingerprint density at radius 2 is 1.55 bits per heavy atom. The third-order valence-electron chi connectivity index (χ3n) is 7.30. The zero-order valence-corrected chi connectivity index (χ0v) is 18.5. The molecule has 0 bridgehead atoms. The van der Waals surface area contributed by atoms with Gasteiger partial charge in [-0.25, -0.2) is 9.97 Å². The third kappa shape index (κ3) is 3.29. The van der Waals surface area contributed by atoms with Crippen molar-refractivity contribution in [2.24, 2.45) is 18.7 Å². The van der Waals surface area contributed by atoms with Gasteiger partial charge in [0.15, 0.2) is 5.65 Å². The first-order chi connectivity index (χ1) is 15.9. The molecule has 3 N–H and O–H groups in total. The van der Waals surface area contributed by atoms with Crippen molar-refractivity contribution in [3.8, 4) is 22.5 Å². The minimum Gasteiger partial charge on any atom is -0.389 e. The minimum absolute atomic E-state index is 0.118. The van der Waals surface area contributed by atoms with Gasteiger partial charge in [-0.05, 0) is 43.2 Å². The number of pyridine rings is 1. The minimum atomic E-state index is -0.590. The van der Waals surface area contributed by atoms with Gasteiger partial charge in [-0.2, -0.15) is 0 Å². The fourth-order valence-electron chi connectivity index (χ4n) is 5.28. The van der Waals surface area contributed by atoms with Gasteiger partial charge in [-0.15, -0.1) is 0 Å². The van der Waals surface area contributed by atoms with Crippen molar-refractivity contribution in [2.75, 3.05) is 0 Å². The van der Waals surface area contributed by atoms with Gasteiger partial charge in [-0.3, -0.25) is 9.36 Å². The van der Waals surface area contributed by atoms with Crippen LogP contribution in [0.4, 0.5) is 0 Å². The summed E-state index contributed by atoms with van der Waals surface area (Å²) in [7, 11) is 1.71. The SMILES string of the molecule is Cn1c(=O)ccc2nc(-c3ccc(C4(N)CC(O)(C5CC5)C4)cc3)c(-c3ccccc3)nc21. The van der Waals surface area contributed by atoms with Crippen LogP contribution in [0.1, 0.15) is 31.2 Å². The molecule has 4 aromatic rings. The van der Waals surface area contributed by atoms with E-state index in [4.69, 9.17) is 15.7 Å². The number of hydrogen-bond acceptors (Lipinski definition) is 5. The highest BCUT2D eigenvalue weighted by atomic mass is 16.3. The maximum absolute atomic E-state index is 12.2. The highest BCUT2D eigenvalue weighted by molar-refractivity contribution is 5.84.